The second kappa shape index (κ2) is 7.21. The molecule has 0 aromatic carbocycles. The summed E-state index contributed by atoms with van der Waals surface area (Å²) < 4.78 is 5.06. The molecule has 0 heterocycles. The van der Waals surface area contributed by atoms with Crippen molar-refractivity contribution >= 4 is 0 Å². The molecule has 0 bridgehead atoms. The van der Waals surface area contributed by atoms with Gasteiger partial charge in [-0.15, -0.1) is 0 Å². The molecule has 86 valence electrons. The Labute approximate surface area is 88.6 Å². The van der Waals surface area contributed by atoms with Gasteiger partial charge in [-0.1, -0.05) is 6.92 Å². The Morgan fingerprint density at radius 2 is 1.93 bits per heavy atom. The lowest BCUT2D eigenvalue weighted by Gasteiger charge is -2.23. The van der Waals surface area contributed by atoms with Crippen molar-refractivity contribution in [1.82, 2.24) is 4.90 Å². The number of likely N-dealkylation sites (N-methyl/N-ethyl adjacent to an activating group) is 1. The maximum atomic E-state index is 5.92. The third-order valence-corrected chi connectivity index (χ3v) is 2.35. The lowest BCUT2D eigenvalue weighted by Crippen LogP contribution is -2.34. The molecular weight excluding hydrogens is 176 g/mol. The van der Waals surface area contributed by atoms with Gasteiger partial charge in [0.25, 0.3) is 0 Å². The Bertz CT molecular complexity index is 132. The van der Waals surface area contributed by atoms with Crippen LogP contribution in [0.15, 0.2) is 0 Å². The molecule has 0 aliphatic heterocycles. The number of nitrogens with two attached hydrogens (primary N) is 1. The summed E-state index contributed by atoms with van der Waals surface area (Å²) in [7, 11) is 1.75. The van der Waals surface area contributed by atoms with E-state index in [1.807, 2.05) is 0 Å². The number of hydrogen-bond acceptors (Lipinski definition) is 3. The van der Waals surface area contributed by atoms with Crippen LogP contribution in [0.25, 0.3) is 0 Å². The molecule has 2 N–H and O–H groups in total. The Kier molecular flexibility index (Phi) is 7.15. The summed E-state index contributed by atoms with van der Waals surface area (Å²) in [6.07, 6.45) is 2.25. The predicted octanol–water partition coefficient (Wildman–Crippen LogP) is 1.47. The second-order valence-corrected chi connectivity index (χ2v) is 4.52. The molecule has 0 saturated heterocycles. The van der Waals surface area contributed by atoms with Crippen molar-refractivity contribution in [3.05, 3.63) is 0 Å². The minimum atomic E-state index is -0.0271. The van der Waals surface area contributed by atoms with Crippen LogP contribution in [0, 0.1) is 0 Å². The maximum absolute atomic E-state index is 5.92. The molecule has 3 nitrogen and oxygen atoms in total. The average molecular weight is 202 g/mol. The fraction of sp³-hybridized carbons (Fsp3) is 1.00. The monoisotopic (exact) mass is 202 g/mol. The van der Waals surface area contributed by atoms with Crippen LogP contribution in [0.1, 0.15) is 33.6 Å². The summed E-state index contributed by atoms with van der Waals surface area (Å²) in [5, 5.41) is 0. The van der Waals surface area contributed by atoms with E-state index < -0.39 is 0 Å². The van der Waals surface area contributed by atoms with Crippen molar-refractivity contribution < 1.29 is 4.74 Å². The van der Waals surface area contributed by atoms with Gasteiger partial charge in [-0.25, -0.2) is 0 Å². The summed E-state index contributed by atoms with van der Waals surface area (Å²) in [5.74, 6) is 0. The SMILES string of the molecule is CCN(CCCC(C)(C)N)CCOC. The fourth-order valence-electron chi connectivity index (χ4n) is 1.41. The molecule has 0 rings (SSSR count). The van der Waals surface area contributed by atoms with Crippen LogP contribution in [-0.4, -0.2) is 43.8 Å². The Hall–Kier alpha value is -0.120. The van der Waals surface area contributed by atoms with Gasteiger partial charge in [0.2, 0.25) is 0 Å². The first kappa shape index (κ1) is 13.9. The van der Waals surface area contributed by atoms with E-state index in [-0.39, 0.29) is 5.54 Å². The quantitative estimate of drug-likeness (QED) is 0.648. The van der Waals surface area contributed by atoms with Gasteiger partial charge in [0.15, 0.2) is 0 Å². The Morgan fingerprint density at radius 1 is 1.29 bits per heavy atom. The molecule has 14 heavy (non-hydrogen) atoms. The molecule has 0 radical (unpaired) electrons. The molecule has 3 heteroatoms. The average Bonchev–Trinajstić information content (AvgIpc) is 2.09. The second-order valence-electron chi connectivity index (χ2n) is 4.52. The zero-order chi connectivity index (χ0) is 11.0. The smallest absolute Gasteiger partial charge is 0.0589 e. The van der Waals surface area contributed by atoms with E-state index in [9.17, 15) is 0 Å². The maximum Gasteiger partial charge on any atom is 0.0589 e. The van der Waals surface area contributed by atoms with Crippen LogP contribution in [0.4, 0.5) is 0 Å². The normalized spacial score (nSPS) is 12.4. The minimum absolute atomic E-state index is 0.0271. The fourth-order valence-corrected chi connectivity index (χ4v) is 1.41. The summed E-state index contributed by atoms with van der Waals surface area (Å²) >= 11 is 0. The molecule has 0 aliphatic rings. The van der Waals surface area contributed by atoms with Gasteiger partial charge >= 0.3 is 0 Å². The zero-order valence-electron chi connectivity index (χ0n) is 10.2. The molecule has 0 amide bonds. The predicted molar refractivity (Wildman–Crippen MR) is 61.5 cm³/mol. The first-order valence-corrected chi connectivity index (χ1v) is 5.49. The number of nitrogens with zero attached hydrogens (tertiary/aromatic N) is 1. The van der Waals surface area contributed by atoms with Gasteiger partial charge in [-0.2, -0.15) is 0 Å². The highest BCUT2D eigenvalue weighted by Gasteiger charge is 2.10. The van der Waals surface area contributed by atoms with E-state index in [0.29, 0.717) is 0 Å². The topological polar surface area (TPSA) is 38.5 Å². The number of methoxy groups -OCH3 is 1. The lowest BCUT2D eigenvalue weighted by molar-refractivity contribution is 0.148. The molecule has 0 saturated carbocycles. The van der Waals surface area contributed by atoms with E-state index in [1.54, 1.807) is 7.11 Å². The van der Waals surface area contributed by atoms with E-state index in [2.05, 4.69) is 25.7 Å². The van der Waals surface area contributed by atoms with Gasteiger partial charge in [-0.05, 0) is 39.8 Å². The van der Waals surface area contributed by atoms with Crippen LogP contribution in [-0.2, 0) is 4.74 Å². The highest BCUT2D eigenvalue weighted by molar-refractivity contribution is 4.72. The van der Waals surface area contributed by atoms with Crippen molar-refractivity contribution in [2.45, 2.75) is 39.2 Å². The van der Waals surface area contributed by atoms with Gasteiger partial charge in [0.05, 0.1) is 6.61 Å². The van der Waals surface area contributed by atoms with Crippen molar-refractivity contribution in [3.63, 3.8) is 0 Å². The Balaban J connectivity index is 3.52. The summed E-state index contributed by atoms with van der Waals surface area (Å²) in [5.41, 5.74) is 5.89. The van der Waals surface area contributed by atoms with Crippen LogP contribution >= 0.6 is 0 Å². The van der Waals surface area contributed by atoms with E-state index >= 15 is 0 Å². The molecule has 0 spiro atoms. The highest BCUT2D eigenvalue weighted by atomic mass is 16.5. The van der Waals surface area contributed by atoms with Gasteiger partial charge in [0.1, 0.15) is 0 Å². The van der Waals surface area contributed by atoms with Crippen molar-refractivity contribution in [2.75, 3.05) is 33.4 Å². The van der Waals surface area contributed by atoms with Crippen molar-refractivity contribution in [2.24, 2.45) is 5.73 Å². The third kappa shape index (κ3) is 8.48. The minimum Gasteiger partial charge on any atom is -0.383 e. The lowest BCUT2D eigenvalue weighted by atomic mass is 10.00. The Morgan fingerprint density at radius 3 is 2.36 bits per heavy atom. The number of rotatable bonds is 8. The highest BCUT2D eigenvalue weighted by Crippen LogP contribution is 2.07. The number of ether oxygens (including phenoxy) is 1. The van der Waals surface area contributed by atoms with Crippen LogP contribution in [0.5, 0.6) is 0 Å². The van der Waals surface area contributed by atoms with Gasteiger partial charge < -0.3 is 15.4 Å². The van der Waals surface area contributed by atoms with Crippen molar-refractivity contribution in [1.29, 1.82) is 0 Å². The van der Waals surface area contributed by atoms with Gasteiger partial charge in [0, 0.05) is 19.2 Å². The molecular formula is C11H26N2O. The standard InChI is InChI=1S/C11H26N2O/c1-5-13(9-10-14-4)8-6-7-11(2,3)12/h5-10,12H2,1-4H3. The summed E-state index contributed by atoms with van der Waals surface area (Å²) in [6, 6.07) is 0. The molecule has 0 aromatic rings. The molecule has 0 unspecified atom stereocenters. The van der Waals surface area contributed by atoms with E-state index in [0.717, 1.165) is 32.7 Å². The van der Waals surface area contributed by atoms with E-state index in [4.69, 9.17) is 10.5 Å². The molecule has 0 aromatic heterocycles. The molecule has 0 fully saturated rings. The molecule has 0 aliphatic carbocycles. The first-order chi connectivity index (χ1) is 6.49. The van der Waals surface area contributed by atoms with Crippen LogP contribution < -0.4 is 5.73 Å². The first-order valence-electron chi connectivity index (χ1n) is 5.49. The number of hydrogen-bond donors (Lipinski definition) is 1. The van der Waals surface area contributed by atoms with E-state index in [1.165, 1.54) is 6.42 Å². The van der Waals surface area contributed by atoms with Crippen LogP contribution in [0.2, 0.25) is 0 Å². The third-order valence-electron chi connectivity index (χ3n) is 2.35. The summed E-state index contributed by atoms with van der Waals surface area (Å²) in [4.78, 5) is 2.40. The van der Waals surface area contributed by atoms with Gasteiger partial charge in [-0.3, -0.25) is 0 Å². The summed E-state index contributed by atoms with van der Waals surface area (Å²) in [6.45, 7) is 10.4. The largest absolute Gasteiger partial charge is 0.383 e. The molecule has 0 atom stereocenters. The van der Waals surface area contributed by atoms with Crippen LogP contribution in [0.3, 0.4) is 0 Å². The zero-order valence-corrected chi connectivity index (χ0v) is 10.2. The van der Waals surface area contributed by atoms with Crippen molar-refractivity contribution in [3.8, 4) is 0 Å².